The number of alkyl halides is 8. The van der Waals surface area contributed by atoms with E-state index < -0.39 is 85.8 Å². The fourth-order valence-corrected chi connectivity index (χ4v) is 11.4. The number of fused-ring (bicyclic) bond motifs is 1. The molecule has 96 heavy (non-hydrogen) atoms. The molecule has 1 aliphatic heterocycles. The van der Waals surface area contributed by atoms with Gasteiger partial charge in [0.25, 0.3) is 5.91 Å². The summed E-state index contributed by atoms with van der Waals surface area (Å²) in [5.41, 5.74) is 1.29. The lowest BCUT2D eigenvalue weighted by Crippen LogP contribution is -2.47. The number of hydrogen-bond acceptors (Lipinski definition) is 17. The van der Waals surface area contributed by atoms with Crippen molar-refractivity contribution >= 4 is 137 Å². The Labute approximate surface area is 579 Å². The Balaban J connectivity index is 0.000000315. The van der Waals surface area contributed by atoms with E-state index in [0.29, 0.717) is 52.4 Å². The predicted molar refractivity (Wildman–Crippen MR) is 359 cm³/mol. The van der Waals surface area contributed by atoms with E-state index in [9.17, 15) is 72.2 Å². The first kappa shape index (κ1) is 84.4. The van der Waals surface area contributed by atoms with Crippen molar-refractivity contribution in [3.05, 3.63) is 139 Å². The van der Waals surface area contributed by atoms with Gasteiger partial charge in [-0.25, -0.2) is 26.2 Å². The molecule has 0 radical (unpaired) electrons. The van der Waals surface area contributed by atoms with Gasteiger partial charge in [-0.2, -0.15) is 26.6 Å². The summed E-state index contributed by atoms with van der Waals surface area (Å²) in [5, 5.41) is 17.2. The number of aryl methyl sites for hydroxylation is 3. The molecule has 2 aromatic heterocycles. The van der Waals surface area contributed by atoms with Crippen molar-refractivity contribution in [3.63, 3.8) is 0 Å². The van der Waals surface area contributed by atoms with Crippen LogP contribution in [0.3, 0.4) is 0 Å². The number of amides is 2. The van der Waals surface area contributed by atoms with Crippen LogP contribution in [0, 0.1) is 13.8 Å². The van der Waals surface area contributed by atoms with E-state index in [0.717, 1.165) is 66.4 Å². The number of rotatable bonds is 19. The molecule has 3 atom stereocenters. The minimum Gasteiger partial charge on any atom is -0.778 e. The Morgan fingerprint density at radius 3 is 2.06 bits per heavy atom. The minimum absolute atomic E-state index is 0.0223. The SMILES string of the molecule is CC1COc2ccccc2N1C(=O)C(Cl)Cl.CCc1cccc(C)c1N(C(=O)CCl)C(C)COC.CS(=O)(=O)c1cc(C(F)(F)F)ccc1C(=O)c1cnoc1C1CC1.C[S+](C)C.Cc1nn(-c2cc(NS(C)(=O)=O)c(Cl)cc2Cl)c(=O)n1C(F)F.O=C(O)CNCP(=O)([O-])O. The lowest BCUT2D eigenvalue weighted by molar-refractivity contribution is -0.193. The molecule has 0 spiro atoms. The zero-order valence-electron chi connectivity index (χ0n) is 53.3. The van der Waals surface area contributed by atoms with Crippen LogP contribution in [0.5, 0.6) is 5.75 Å². The molecule has 24 nitrogen and oxygen atoms in total. The van der Waals surface area contributed by atoms with Gasteiger partial charge in [0.15, 0.2) is 26.2 Å². The highest BCUT2D eigenvalue weighted by atomic mass is 35.5. The van der Waals surface area contributed by atoms with E-state index >= 15 is 0 Å². The monoisotopic (exact) mass is 1530 g/mol. The molecule has 3 unspecified atom stereocenters. The highest BCUT2D eigenvalue weighted by Gasteiger charge is 2.37. The van der Waals surface area contributed by atoms with Crippen LogP contribution in [0.2, 0.25) is 10.0 Å². The molecule has 4 aromatic carbocycles. The van der Waals surface area contributed by atoms with Gasteiger partial charge in [0.1, 0.15) is 31.7 Å². The van der Waals surface area contributed by atoms with Crippen molar-refractivity contribution in [3.8, 4) is 11.4 Å². The number of sulfonamides is 1. The molecule has 38 heteroatoms. The van der Waals surface area contributed by atoms with E-state index in [4.69, 9.17) is 82.0 Å². The second kappa shape index (κ2) is 37.4. The first-order chi connectivity index (χ1) is 44.4. The van der Waals surface area contributed by atoms with Crippen LogP contribution in [-0.2, 0) is 67.0 Å². The highest BCUT2D eigenvalue weighted by Crippen LogP contribution is 2.43. The Morgan fingerprint density at radius 1 is 0.948 bits per heavy atom. The number of nitrogens with zero attached hydrogens (tertiary/aromatic N) is 6. The summed E-state index contributed by atoms with van der Waals surface area (Å²) in [6, 6.07) is 17.7. The third-order valence-electron chi connectivity index (χ3n) is 12.7. The van der Waals surface area contributed by atoms with Crippen molar-refractivity contribution in [2.75, 3.05) is 84.8 Å². The largest absolute Gasteiger partial charge is 0.778 e. The molecular formula is C58H71Cl5F5N8O16PS3. The molecule has 2 aliphatic rings. The molecule has 0 bridgehead atoms. The standard InChI is InChI=1S/C15H22ClNO2.C15H12F3NO4S.C11H10Cl2F2N4O3S.C11H11Cl2NO2.C3H8NO5P.C3H9S/c1-5-13-8-6-7-11(2)15(13)17(14(18)9-16)12(3)10-19-4;1-24(21,22)12-6-9(15(16,17)18)4-5-10(12)13(20)11-7-19-23-14(11)8-2-3-8;1-5-16-19(11(20)18(5)10(14)15)9-4-8(17-23(2,21)22)6(12)3-7(9)13;1-7-6-16-9-5-3-2-4-8(9)14(7)11(15)10(12)13;5-3(6)1-4-2-10(7,8)9;1-4(2)3/h6-8,12H,5,9-10H2,1-4H3;4-8H,2-3H2,1H3;3-4,10,17H,1-2H3;2-5,7,10H,6H2,1H3;4H,1-2H2,(H,5,6)(H2,7,8,9);1-3H3/q;;;;;+1/p-1. The van der Waals surface area contributed by atoms with Crippen molar-refractivity contribution in [2.45, 2.75) is 94.3 Å². The number of carbonyl (C=O) groups is 4. The van der Waals surface area contributed by atoms with E-state index in [-0.39, 0.29) is 78.6 Å². The summed E-state index contributed by atoms with van der Waals surface area (Å²) in [6.07, 6.45) is 6.51. The number of nitrogens with one attached hydrogen (secondary N) is 2. The maximum atomic E-state index is 12.8. The fourth-order valence-electron chi connectivity index (χ4n) is 8.60. The third kappa shape index (κ3) is 25.8. The lowest BCUT2D eigenvalue weighted by Gasteiger charge is -2.35. The maximum absolute atomic E-state index is 12.8. The molecular weight excluding hydrogens is 1460 g/mol. The van der Waals surface area contributed by atoms with Crippen LogP contribution in [0.4, 0.5) is 39.0 Å². The predicted octanol–water partition coefficient (Wildman–Crippen LogP) is 10.0. The van der Waals surface area contributed by atoms with Crippen molar-refractivity contribution in [1.82, 2.24) is 24.8 Å². The van der Waals surface area contributed by atoms with E-state index in [1.54, 1.807) is 16.9 Å². The fraction of sp³-hybridized carbons (Fsp3) is 0.431. The number of hydrogen-bond donors (Lipinski definition) is 4. The van der Waals surface area contributed by atoms with E-state index in [1.165, 1.54) is 19.2 Å². The number of ether oxygens (including phenoxy) is 2. The Bertz CT molecular complexity index is 4010. The van der Waals surface area contributed by atoms with Gasteiger partial charge in [-0.05, 0) is 111 Å². The van der Waals surface area contributed by atoms with Gasteiger partial charge in [-0.3, -0.25) is 29.2 Å². The number of sulfone groups is 1. The van der Waals surface area contributed by atoms with E-state index in [2.05, 4.69) is 46.7 Å². The van der Waals surface area contributed by atoms with Gasteiger partial charge < -0.3 is 43.3 Å². The van der Waals surface area contributed by atoms with Gasteiger partial charge >= 0.3 is 24.4 Å². The normalized spacial score (nSPS) is 14.4. The average Bonchev–Trinajstić information content (AvgIpc) is 1.45. The number of carbonyl (C=O) groups excluding carboxylic acids is 3. The quantitative estimate of drug-likeness (QED) is 0.0192. The van der Waals surface area contributed by atoms with Crippen LogP contribution >= 0.6 is 65.6 Å². The maximum Gasteiger partial charge on any atom is 0.416 e. The molecule has 0 saturated heterocycles. The van der Waals surface area contributed by atoms with Crippen LogP contribution in [0.15, 0.2) is 93.2 Å². The third-order valence-corrected chi connectivity index (χ3v) is 16.3. The number of carboxylic acids is 1. The van der Waals surface area contributed by atoms with Crippen LogP contribution in [0.25, 0.3) is 5.69 Å². The van der Waals surface area contributed by atoms with Gasteiger partial charge in [0.05, 0.1) is 112 Å². The first-order valence-corrected chi connectivity index (χ1v) is 38.1. The minimum atomic E-state index is -4.71. The molecule has 1 saturated carbocycles. The van der Waals surface area contributed by atoms with Gasteiger partial charge in [-0.15, -0.1) is 16.7 Å². The number of aromatic nitrogens is 4. The summed E-state index contributed by atoms with van der Waals surface area (Å²) in [6.45, 7) is 6.57. The van der Waals surface area contributed by atoms with Gasteiger partial charge in [0.2, 0.25) is 15.9 Å². The molecule has 8 rings (SSSR count). The second-order valence-electron chi connectivity index (χ2n) is 21.4. The Kier molecular flexibility index (Phi) is 32.8. The average molecular weight is 1540 g/mol. The van der Waals surface area contributed by atoms with Crippen molar-refractivity contribution < 1.29 is 91.4 Å². The Hall–Kier alpha value is -5.87. The summed E-state index contributed by atoms with van der Waals surface area (Å²) < 4.78 is 139. The first-order valence-electron chi connectivity index (χ1n) is 28.0. The number of para-hydroxylation sites is 3. The zero-order chi connectivity index (χ0) is 73.1. The number of carboxylic acid groups (broad SMARTS) is 1. The molecule has 532 valence electrons. The Morgan fingerprint density at radius 2 is 1.56 bits per heavy atom. The molecule has 1 fully saturated rings. The number of anilines is 3. The van der Waals surface area contributed by atoms with Crippen LogP contribution < -0.4 is 35.2 Å². The van der Waals surface area contributed by atoms with E-state index in [1.807, 2.05) is 62.5 Å². The smallest absolute Gasteiger partial charge is 0.416 e. The number of halogens is 10. The molecule has 1 aliphatic carbocycles. The van der Waals surface area contributed by atoms with Gasteiger partial charge in [0, 0.05) is 24.8 Å². The van der Waals surface area contributed by atoms with Gasteiger partial charge in [-0.1, -0.05) is 88.8 Å². The highest BCUT2D eigenvalue weighted by molar-refractivity contribution is 7.94. The lowest BCUT2D eigenvalue weighted by atomic mass is 10.0. The number of ketones is 1. The second-order valence-corrected chi connectivity index (χ2v) is 31.3. The molecule has 2 amide bonds. The molecule has 6 aromatic rings. The summed E-state index contributed by atoms with van der Waals surface area (Å²) in [5.74, 6) is -1.47. The van der Waals surface area contributed by atoms with Crippen molar-refractivity contribution in [1.29, 1.82) is 0 Å². The number of methoxy groups -OCH3 is 1. The van der Waals surface area contributed by atoms with Crippen LogP contribution in [-0.4, -0.2) is 157 Å². The van der Waals surface area contributed by atoms with Crippen LogP contribution in [0.1, 0.15) is 90.3 Å². The molecule has 4 N–H and O–H groups in total. The van der Waals surface area contributed by atoms with Crippen molar-refractivity contribution in [2.24, 2.45) is 0 Å². The summed E-state index contributed by atoms with van der Waals surface area (Å²) >= 11 is 28.8. The zero-order valence-corrected chi connectivity index (χ0v) is 60.4. The topological polar surface area (TPSA) is 332 Å². The molecule has 3 heterocycles. The number of benzene rings is 4. The summed E-state index contributed by atoms with van der Waals surface area (Å²) in [7, 11) is -9.76. The summed E-state index contributed by atoms with van der Waals surface area (Å²) in [4.78, 5) is 78.1. The number of aliphatic carboxylic acids is 1.